The number of anilines is 9. The lowest BCUT2D eigenvalue weighted by Crippen LogP contribution is -2.58. The van der Waals surface area contributed by atoms with Crippen LogP contribution in [0.4, 0.5) is 51.2 Å². The molecule has 0 saturated carbocycles. The molecule has 0 atom stereocenters. The summed E-state index contributed by atoms with van der Waals surface area (Å²) in [6.45, 7) is 28.7. The molecule has 0 fully saturated rings. The van der Waals surface area contributed by atoms with E-state index in [1.165, 1.54) is 182 Å². The van der Waals surface area contributed by atoms with Gasteiger partial charge in [0.1, 0.15) is 0 Å². The van der Waals surface area contributed by atoms with Crippen molar-refractivity contribution in [2.24, 2.45) is 0 Å². The zero-order valence-corrected chi connectivity index (χ0v) is 69.6. The fraction of sp³-hybridized carbons (Fsp3) is 0.105. The van der Waals surface area contributed by atoms with E-state index in [9.17, 15) is 0 Å². The van der Waals surface area contributed by atoms with E-state index in [2.05, 4.69) is 462 Å². The molecule has 0 aliphatic carbocycles. The number of fused-ring (bicyclic) bond motifs is 3. The summed E-state index contributed by atoms with van der Waals surface area (Å²) in [6.07, 6.45) is 0. The molecule has 18 aromatic rings. The Morgan fingerprint density at radius 2 is 0.331 bits per heavy atom. The second-order valence-corrected chi connectivity index (χ2v) is 32.2. The van der Waals surface area contributed by atoms with E-state index in [0.717, 1.165) is 51.2 Å². The maximum atomic E-state index is 2.41. The van der Waals surface area contributed by atoms with Gasteiger partial charge in [0.15, 0.2) is 0 Å². The van der Waals surface area contributed by atoms with E-state index in [1.807, 2.05) is 0 Å². The van der Waals surface area contributed by atoms with Crippen LogP contribution in [0.25, 0.3) is 99.1 Å². The summed E-state index contributed by atoms with van der Waals surface area (Å²) in [7, 11) is 0. The Morgan fingerprint density at radius 1 is 0.153 bits per heavy atom. The SMILES string of the molecule is Cc1c(C)c(-c2ccc(-c3ccc(N(c4ccccc4)c4cccc5ccccc45)cc3)cc2)c(C)c(C)c1B(c1c(C)c(C)c(-c2ccc(-c3ccc(N(c4ccccc4)c4cccc5ccccc45)cc3)cc2)c(C)c1C)c1c(C)c(C)c(-c2ccc(-c3ccc(N(c4ccccc4)c4cccc5ccccc45)cc3)cc2)c(C)c1C. The lowest BCUT2D eigenvalue weighted by Gasteiger charge is -2.33. The minimum atomic E-state index is -0.0827. The van der Waals surface area contributed by atoms with Gasteiger partial charge in [0.2, 0.25) is 6.71 Å². The average Bonchev–Trinajstić information content (AvgIpc) is 0.718. The molecule has 0 aliphatic heterocycles. The van der Waals surface area contributed by atoms with Gasteiger partial charge in [-0.1, -0.05) is 323 Å². The normalized spacial score (nSPS) is 11.4. The van der Waals surface area contributed by atoms with Crippen molar-refractivity contribution in [1.29, 1.82) is 0 Å². The third kappa shape index (κ3) is 13.6. The first-order chi connectivity index (χ1) is 57.6. The molecule has 570 valence electrons. The van der Waals surface area contributed by atoms with Crippen molar-refractivity contribution in [3.05, 3.63) is 431 Å². The minimum Gasteiger partial charge on any atom is -0.310 e. The highest BCUT2D eigenvalue weighted by atomic mass is 15.2. The zero-order chi connectivity index (χ0) is 81.0. The smallest absolute Gasteiger partial charge is 0.243 e. The summed E-state index contributed by atoms with van der Waals surface area (Å²) < 4.78 is 0. The first-order valence-corrected chi connectivity index (χ1v) is 41.5. The lowest BCUT2D eigenvalue weighted by molar-refractivity contribution is 1.25. The number of nitrogens with zero attached hydrogens (tertiary/aromatic N) is 3. The molecule has 0 radical (unpaired) electrons. The summed E-state index contributed by atoms with van der Waals surface area (Å²) in [6, 6.07) is 133. The first kappa shape index (κ1) is 75.6. The Labute approximate surface area is 697 Å². The zero-order valence-electron chi connectivity index (χ0n) is 69.6. The third-order valence-corrected chi connectivity index (χ3v) is 25.9. The van der Waals surface area contributed by atoms with Gasteiger partial charge in [-0.05, 0) is 290 Å². The van der Waals surface area contributed by atoms with Gasteiger partial charge in [0.25, 0.3) is 0 Å². The van der Waals surface area contributed by atoms with Crippen molar-refractivity contribution in [3.63, 3.8) is 0 Å². The molecule has 18 rings (SSSR count). The standard InChI is InChI=1S/C114H96BN3/c1-73-79(7)112(80(8)74(2)109(73)94-55-49-85(50-56-94)88-61-67-100(68-62-88)116(97-37-16-13-17-38-97)106-46-28-34-91-31-22-25-43-103(91)106)115(113-81(9)75(3)110(76(4)82(113)10)95-57-51-86(52-58-95)89-63-69-101(70-64-89)117(98-39-18-14-19-40-98)107-47-29-35-92-32-23-26-44-104(92)107)114-83(11)77(5)111(78(6)84(114)12)96-59-53-87(54-60-96)90-65-71-102(72-66-90)118(99-41-20-15-21-42-99)108-48-30-36-93-33-24-27-45-105(93)108/h13-72H,1-12H3. The predicted molar refractivity (Wildman–Crippen MR) is 510 cm³/mol. The van der Waals surface area contributed by atoms with Crippen molar-refractivity contribution in [1.82, 2.24) is 0 Å². The summed E-state index contributed by atoms with van der Waals surface area (Å²) in [5, 5.41) is 7.30. The maximum Gasteiger partial charge on any atom is 0.243 e. The molecule has 0 aliphatic rings. The van der Waals surface area contributed by atoms with Crippen molar-refractivity contribution in [3.8, 4) is 66.8 Å². The van der Waals surface area contributed by atoms with Crippen molar-refractivity contribution >= 4 is 107 Å². The van der Waals surface area contributed by atoms with Gasteiger partial charge >= 0.3 is 0 Å². The molecule has 0 spiro atoms. The molecule has 3 nitrogen and oxygen atoms in total. The molecule has 0 amide bonds. The molecule has 0 heterocycles. The molecule has 18 aromatic carbocycles. The van der Waals surface area contributed by atoms with Gasteiger partial charge in [-0.2, -0.15) is 0 Å². The molecular weight excluding hydrogens is 1420 g/mol. The summed E-state index contributed by atoms with van der Waals surface area (Å²) in [4.78, 5) is 7.13. The quantitative estimate of drug-likeness (QED) is 0.0793. The highest BCUT2D eigenvalue weighted by molar-refractivity contribution is 6.97. The number of hydrogen-bond donors (Lipinski definition) is 0. The Balaban J connectivity index is 0.705. The van der Waals surface area contributed by atoms with Crippen LogP contribution in [0.1, 0.15) is 66.8 Å². The van der Waals surface area contributed by atoms with E-state index >= 15 is 0 Å². The van der Waals surface area contributed by atoms with Crippen molar-refractivity contribution in [2.75, 3.05) is 14.7 Å². The van der Waals surface area contributed by atoms with E-state index in [4.69, 9.17) is 0 Å². The molecule has 0 unspecified atom stereocenters. The highest BCUT2D eigenvalue weighted by Crippen LogP contribution is 2.46. The highest BCUT2D eigenvalue weighted by Gasteiger charge is 2.36. The Kier molecular flexibility index (Phi) is 20.3. The van der Waals surface area contributed by atoms with Gasteiger partial charge in [-0.15, -0.1) is 0 Å². The van der Waals surface area contributed by atoms with Gasteiger partial charge in [0.05, 0.1) is 17.1 Å². The predicted octanol–water partition coefficient (Wildman–Crippen LogP) is 29.8. The Hall–Kier alpha value is -13.8. The number of para-hydroxylation sites is 3. The maximum absolute atomic E-state index is 2.41. The molecule has 0 bridgehead atoms. The fourth-order valence-electron chi connectivity index (χ4n) is 19.2. The number of benzene rings is 18. The van der Waals surface area contributed by atoms with Crippen LogP contribution >= 0.6 is 0 Å². The molecule has 0 aromatic heterocycles. The van der Waals surface area contributed by atoms with Crippen molar-refractivity contribution < 1.29 is 0 Å². The fourth-order valence-corrected chi connectivity index (χ4v) is 19.2. The van der Waals surface area contributed by atoms with E-state index in [1.54, 1.807) is 0 Å². The van der Waals surface area contributed by atoms with Crippen LogP contribution in [0, 0.1) is 83.1 Å². The summed E-state index contributed by atoms with van der Waals surface area (Å²) in [5.41, 5.74) is 45.0. The van der Waals surface area contributed by atoms with Crippen LogP contribution in [0.15, 0.2) is 364 Å². The monoisotopic (exact) mass is 1520 g/mol. The van der Waals surface area contributed by atoms with Crippen LogP contribution in [0.2, 0.25) is 0 Å². The number of rotatable bonds is 18. The topological polar surface area (TPSA) is 9.72 Å². The largest absolute Gasteiger partial charge is 0.310 e. The van der Waals surface area contributed by atoms with Crippen LogP contribution in [0.5, 0.6) is 0 Å². The summed E-state index contributed by atoms with van der Waals surface area (Å²) >= 11 is 0. The van der Waals surface area contributed by atoms with E-state index in [0.29, 0.717) is 0 Å². The lowest BCUT2D eigenvalue weighted by atomic mass is 9.32. The van der Waals surface area contributed by atoms with Gasteiger partial charge in [-0.25, -0.2) is 0 Å². The first-order valence-electron chi connectivity index (χ1n) is 41.5. The minimum absolute atomic E-state index is 0.0827. The van der Waals surface area contributed by atoms with Gasteiger partial charge < -0.3 is 14.7 Å². The second kappa shape index (κ2) is 31.8. The molecular formula is C114H96BN3. The molecule has 118 heavy (non-hydrogen) atoms. The third-order valence-electron chi connectivity index (χ3n) is 25.9. The second-order valence-electron chi connectivity index (χ2n) is 32.2. The van der Waals surface area contributed by atoms with Crippen LogP contribution < -0.4 is 31.1 Å². The molecule has 0 N–H and O–H groups in total. The van der Waals surface area contributed by atoms with Crippen LogP contribution in [0.3, 0.4) is 0 Å². The Morgan fingerprint density at radius 3 is 0.559 bits per heavy atom. The van der Waals surface area contributed by atoms with Gasteiger partial charge in [-0.3, -0.25) is 0 Å². The summed E-state index contributed by atoms with van der Waals surface area (Å²) in [5.74, 6) is 0. The van der Waals surface area contributed by atoms with Crippen LogP contribution in [-0.2, 0) is 0 Å². The molecule has 0 saturated heterocycles. The van der Waals surface area contributed by atoms with Gasteiger partial charge in [0, 0.05) is 50.3 Å². The molecule has 4 heteroatoms. The van der Waals surface area contributed by atoms with Crippen molar-refractivity contribution in [2.45, 2.75) is 83.1 Å². The van der Waals surface area contributed by atoms with Crippen LogP contribution in [-0.4, -0.2) is 6.71 Å². The number of hydrogen-bond acceptors (Lipinski definition) is 3. The Bertz CT molecular complexity index is 6050. The average molecular weight is 1520 g/mol. The van der Waals surface area contributed by atoms with E-state index < -0.39 is 0 Å². The van der Waals surface area contributed by atoms with E-state index in [-0.39, 0.29) is 6.71 Å².